The summed E-state index contributed by atoms with van der Waals surface area (Å²) < 4.78 is 7.82. The average Bonchev–Trinajstić information content (AvgIpc) is 3.41. The quantitative estimate of drug-likeness (QED) is 0.495. The highest BCUT2D eigenvalue weighted by atomic mass is 32.2. The van der Waals surface area contributed by atoms with Crippen molar-refractivity contribution in [3.63, 3.8) is 0 Å². The molecule has 1 N–H and O–H groups in total. The van der Waals surface area contributed by atoms with Crippen LogP contribution in [0.1, 0.15) is 11.8 Å². The number of benzene rings is 1. The van der Waals surface area contributed by atoms with Crippen LogP contribution in [0.2, 0.25) is 0 Å². The van der Waals surface area contributed by atoms with E-state index >= 15 is 0 Å². The predicted molar refractivity (Wildman–Crippen MR) is 108 cm³/mol. The predicted octanol–water partition coefficient (Wildman–Crippen LogP) is 4.09. The number of carbonyl (C=O) groups is 1. The molecule has 27 heavy (non-hydrogen) atoms. The van der Waals surface area contributed by atoms with Gasteiger partial charge >= 0.3 is 0 Å². The van der Waals surface area contributed by atoms with Gasteiger partial charge in [0.2, 0.25) is 5.91 Å². The normalized spacial score (nSPS) is 12.4. The Hall–Kier alpha value is -2.58. The summed E-state index contributed by atoms with van der Waals surface area (Å²) in [5.41, 5.74) is 1.95. The second kappa shape index (κ2) is 7.58. The molecular formula is C19H18N4O2S2. The molecule has 0 unspecified atom stereocenters. The van der Waals surface area contributed by atoms with Crippen molar-refractivity contribution in [3.8, 4) is 11.6 Å². The summed E-state index contributed by atoms with van der Waals surface area (Å²) in [7, 11) is 1.97. The number of nitrogens with one attached hydrogen (secondary N) is 1. The number of hydrogen-bond acceptors (Lipinski definition) is 6. The molecule has 8 heteroatoms. The topological polar surface area (TPSA) is 73.0 Å². The molecule has 0 aliphatic heterocycles. The first kappa shape index (κ1) is 17.8. The molecule has 1 atom stereocenters. The summed E-state index contributed by atoms with van der Waals surface area (Å²) >= 11 is 2.88. The van der Waals surface area contributed by atoms with Crippen LogP contribution in [0.5, 0.6) is 0 Å². The lowest BCUT2D eigenvalue weighted by atomic mass is 10.2. The van der Waals surface area contributed by atoms with Crippen LogP contribution in [0, 0.1) is 0 Å². The van der Waals surface area contributed by atoms with E-state index in [1.54, 1.807) is 11.3 Å². The maximum absolute atomic E-state index is 12.3. The van der Waals surface area contributed by atoms with Crippen molar-refractivity contribution < 1.29 is 9.21 Å². The Labute approximate surface area is 164 Å². The zero-order chi connectivity index (χ0) is 18.8. The molecule has 0 aliphatic rings. The third-order valence-corrected chi connectivity index (χ3v) is 6.05. The van der Waals surface area contributed by atoms with Gasteiger partial charge in [-0.05, 0) is 30.5 Å². The SMILES string of the molecule is C[C@H](Sc1nnc(-c2cc3ccccc3n2C)o1)C(=O)NCc1cccs1. The van der Waals surface area contributed by atoms with E-state index in [1.165, 1.54) is 11.8 Å². The van der Waals surface area contributed by atoms with Crippen LogP contribution < -0.4 is 5.32 Å². The lowest BCUT2D eigenvalue weighted by Gasteiger charge is -2.08. The highest BCUT2D eigenvalue weighted by Crippen LogP contribution is 2.29. The van der Waals surface area contributed by atoms with Crippen LogP contribution in [0.25, 0.3) is 22.5 Å². The van der Waals surface area contributed by atoms with Crippen LogP contribution in [-0.2, 0) is 18.4 Å². The van der Waals surface area contributed by atoms with Gasteiger partial charge in [-0.2, -0.15) is 0 Å². The number of thioether (sulfide) groups is 1. The second-order valence-electron chi connectivity index (χ2n) is 6.08. The van der Waals surface area contributed by atoms with Crippen molar-refractivity contribution >= 4 is 39.9 Å². The summed E-state index contributed by atoms with van der Waals surface area (Å²) in [4.78, 5) is 13.4. The van der Waals surface area contributed by atoms with E-state index in [1.807, 2.05) is 66.4 Å². The summed E-state index contributed by atoms with van der Waals surface area (Å²) in [5.74, 6) is 0.389. The molecule has 0 bridgehead atoms. The number of carbonyl (C=O) groups excluding carboxylic acids is 1. The van der Waals surface area contributed by atoms with Crippen molar-refractivity contribution in [1.29, 1.82) is 0 Å². The van der Waals surface area contributed by atoms with E-state index in [0.29, 0.717) is 17.7 Å². The number of amides is 1. The van der Waals surface area contributed by atoms with Gasteiger partial charge in [-0.3, -0.25) is 4.79 Å². The minimum atomic E-state index is -0.328. The fourth-order valence-corrected chi connectivity index (χ4v) is 4.14. The molecule has 138 valence electrons. The van der Waals surface area contributed by atoms with Gasteiger partial charge in [0.15, 0.2) is 0 Å². The Kier molecular flexibility index (Phi) is 5.00. The smallest absolute Gasteiger partial charge is 0.277 e. The lowest BCUT2D eigenvalue weighted by molar-refractivity contribution is -0.120. The Morgan fingerprint density at radius 3 is 2.93 bits per heavy atom. The van der Waals surface area contributed by atoms with Gasteiger partial charge in [-0.15, -0.1) is 21.5 Å². The standard InChI is InChI=1S/C19H18N4O2S2/c1-12(17(24)20-11-14-7-5-9-26-14)27-19-22-21-18(25-19)16-10-13-6-3-4-8-15(13)23(16)2/h3-10,12H,11H2,1-2H3,(H,20,24)/t12-/m0/s1. The first-order chi connectivity index (χ1) is 13.1. The second-order valence-corrected chi connectivity index (χ2v) is 8.40. The third-order valence-electron chi connectivity index (χ3n) is 4.24. The van der Waals surface area contributed by atoms with E-state index in [0.717, 1.165) is 21.5 Å². The van der Waals surface area contributed by atoms with Gasteiger partial charge in [0.25, 0.3) is 11.1 Å². The van der Waals surface area contributed by atoms with Crippen LogP contribution in [0.15, 0.2) is 57.5 Å². The minimum absolute atomic E-state index is 0.0576. The number of aromatic nitrogens is 3. The van der Waals surface area contributed by atoms with E-state index in [9.17, 15) is 4.79 Å². The van der Waals surface area contributed by atoms with Gasteiger partial charge in [-0.25, -0.2) is 0 Å². The largest absolute Gasteiger partial charge is 0.410 e. The molecule has 0 radical (unpaired) electrons. The average molecular weight is 399 g/mol. The van der Waals surface area contributed by atoms with Crippen molar-refractivity contribution in [2.45, 2.75) is 23.9 Å². The molecule has 0 aliphatic carbocycles. The minimum Gasteiger partial charge on any atom is -0.410 e. The summed E-state index contributed by atoms with van der Waals surface area (Å²) in [6.45, 7) is 2.36. The molecule has 1 aromatic carbocycles. The highest BCUT2D eigenvalue weighted by molar-refractivity contribution is 8.00. The van der Waals surface area contributed by atoms with Crippen LogP contribution in [-0.4, -0.2) is 25.9 Å². The van der Waals surface area contributed by atoms with E-state index in [-0.39, 0.29) is 11.2 Å². The Bertz CT molecular complexity index is 1070. The maximum atomic E-state index is 12.3. The molecule has 0 fully saturated rings. The van der Waals surface area contributed by atoms with Crippen molar-refractivity contribution in [2.24, 2.45) is 7.05 Å². The van der Waals surface area contributed by atoms with E-state index in [4.69, 9.17) is 4.42 Å². The lowest BCUT2D eigenvalue weighted by Crippen LogP contribution is -2.30. The molecule has 4 rings (SSSR count). The fraction of sp³-hybridized carbons (Fsp3) is 0.211. The zero-order valence-corrected chi connectivity index (χ0v) is 16.5. The fourth-order valence-electron chi connectivity index (χ4n) is 2.79. The van der Waals surface area contributed by atoms with E-state index in [2.05, 4.69) is 15.5 Å². The van der Waals surface area contributed by atoms with Crippen LogP contribution in [0.4, 0.5) is 0 Å². The van der Waals surface area contributed by atoms with Gasteiger partial charge in [0, 0.05) is 22.8 Å². The monoisotopic (exact) mass is 398 g/mol. The van der Waals surface area contributed by atoms with Crippen LogP contribution in [0.3, 0.4) is 0 Å². The molecular weight excluding hydrogens is 380 g/mol. The molecule has 3 aromatic heterocycles. The molecule has 0 saturated carbocycles. The van der Waals surface area contributed by atoms with Crippen molar-refractivity contribution in [1.82, 2.24) is 20.1 Å². The molecule has 0 spiro atoms. The van der Waals surface area contributed by atoms with Gasteiger partial charge in [0.1, 0.15) is 5.69 Å². The van der Waals surface area contributed by atoms with E-state index < -0.39 is 0 Å². The maximum Gasteiger partial charge on any atom is 0.277 e. The first-order valence-electron chi connectivity index (χ1n) is 8.47. The molecule has 0 saturated heterocycles. The number of para-hydroxylation sites is 1. The van der Waals surface area contributed by atoms with Gasteiger partial charge in [-0.1, -0.05) is 36.0 Å². The number of fused-ring (bicyclic) bond motifs is 1. The highest BCUT2D eigenvalue weighted by Gasteiger charge is 2.20. The molecule has 3 heterocycles. The van der Waals surface area contributed by atoms with Crippen molar-refractivity contribution in [2.75, 3.05) is 0 Å². The Morgan fingerprint density at radius 2 is 2.15 bits per heavy atom. The Balaban J connectivity index is 1.44. The third kappa shape index (κ3) is 3.77. The number of aryl methyl sites for hydroxylation is 1. The summed E-state index contributed by atoms with van der Waals surface area (Å²) in [5, 5.41) is 14.3. The summed E-state index contributed by atoms with van der Waals surface area (Å²) in [6, 6.07) is 14.1. The van der Waals surface area contributed by atoms with Crippen LogP contribution >= 0.6 is 23.1 Å². The molecule has 1 amide bonds. The number of nitrogens with zero attached hydrogens (tertiary/aromatic N) is 3. The first-order valence-corrected chi connectivity index (χ1v) is 10.2. The molecule has 6 nitrogen and oxygen atoms in total. The summed E-state index contributed by atoms with van der Waals surface area (Å²) in [6.07, 6.45) is 0. The van der Waals surface area contributed by atoms with Crippen molar-refractivity contribution in [3.05, 3.63) is 52.7 Å². The number of thiophene rings is 1. The number of rotatable bonds is 6. The van der Waals surface area contributed by atoms with Gasteiger partial charge in [0.05, 0.1) is 11.8 Å². The Morgan fingerprint density at radius 1 is 1.30 bits per heavy atom. The molecule has 4 aromatic rings. The van der Waals surface area contributed by atoms with Gasteiger partial charge < -0.3 is 14.3 Å². The zero-order valence-electron chi connectivity index (χ0n) is 14.9. The number of hydrogen-bond donors (Lipinski definition) is 1.